The van der Waals surface area contributed by atoms with Crippen molar-refractivity contribution in [3.8, 4) is 12.3 Å². The smallest absolute Gasteiger partial charge is 0.235 e. The van der Waals surface area contributed by atoms with Gasteiger partial charge in [-0.05, 0) is 12.5 Å². The molecule has 7 heteroatoms. The Balaban J connectivity index is 1.52. The highest BCUT2D eigenvalue weighted by molar-refractivity contribution is 5.90. The van der Waals surface area contributed by atoms with E-state index in [1.165, 1.54) is 0 Å². The molecule has 3 fully saturated rings. The first kappa shape index (κ1) is 14.7. The van der Waals surface area contributed by atoms with Crippen molar-refractivity contribution in [2.75, 3.05) is 18.0 Å². The maximum absolute atomic E-state index is 12.3. The minimum Gasteiger partial charge on any atom is -0.376 e. The molecule has 1 saturated carbocycles. The summed E-state index contributed by atoms with van der Waals surface area (Å²) >= 11 is 0. The topological polar surface area (TPSA) is 74.5 Å². The number of likely N-dealkylation sites (tertiary alicyclic amines) is 1. The third-order valence-electron chi connectivity index (χ3n) is 6.49. The first-order chi connectivity index (χ1) is 12.1. The van der Waals surface area contributed by atoms with E-state index in [0.29, 0.717) is 0 Å². The van der Waals surface area contributed by atoms with E-state index in [1.54, 1.807) is 10.9 Å². The summed E-state index contributed by atoms with van der Waals surface area (Å²) in [6.45, 7) is 3.76. The number of anilines is 1. The summed E-state index contributed by atoms with van der Waals surface area (Å²) in [6, 6.07) is 2.22. The van der Waals surface area contributed by atoms with Crippen LogP contribution in [0.15, 0.2) is 18.6 Å². The van der Waals surface area contributed by atoms with Gasteiger partial charge in [-0.1, -0.05) is 12.8 Å². The van der Waals surface area contributed by atoms with Gasteiger partial charge in [-0.3, -0.25) is 4.79 Å². The molecule has 3 aliphatic rings. The second-order valence-corrected chi connectivity index (χ2v) is 7.41. The van der Waals surface area contributed by atoms with E-state index < -0.39 is 0 Å². The molecule has 25 heavy (non-hydrogen) atoms. The number of rotatable bonds is 3. The first-order valence-corrected chi connectivity index (χ1v) is 8.50. The predicted octanol–water partition coefficient (Wildman–Crippen LogP) is 0.584. The Labute approximate surface area is 145 Å². The maximum atomic E-state index is 12.3. The SMILES string of the molecule is C#CCC(=O)N1CC2(C)C3N(c4ncnc5c4ccn5CO)CC[C@@]312. The number of fused-ring (bicyclic) bond motifs is 2. The van der Waals surface area contributed by atoms with Gasteiger partial charge in [-0.15, -0.1) is 6.42 Å². The fourth-order valence-electron chi connectivity index (χ4n) is 5.40. The molecule has 5 rings (SSSR count). The summed E-state index contributed by atoms with van der Waals surface area (Å²) in [4.78, 5) is 25.5. The molecule has 2 saturated heterocycles. The number of hydrogen-bond donors (Lipinski definition) is 1. The summed E-state index contributed by atoms with van der Waals surface area (Å²) in [5.74, 6) is 3.42. The Morgan fingerprint density at radius 2 is 2.36 bits per heavy atom. The highest BCUT2D eigenvalue weighted by Gasteiger charge is 2.88. The summed E-state index contributed by atoms with van der Waals surface area (Å²) < 4.78 is 1.69. The van der Waals surface area contributed by atoms with Crippen LogP contribution in [-0.2, 0) is 11.5 Å². The van der Waals surface area contributed by atoms with E-state index in [2.05, 4.69) is 27.7 Å². The van der Waals surface area contributed by atoms with Gasteiger partial charge in [0.1, 0.15) is 24.5 Å². The van der Waals surface area contributed by atoms with Crippen molar-refractivity contribution < 1.29 is 9.90 Å². The van der Waals surface area contributed by atoms with Gasteiger partial charge in [0.15, 0.2) is 0 Å². The number of aromatic nitrogens is 3. The molecule has 1 spiro atoms. The van der Waals surface area contributed by atoms with Crippen molar-refractivity contribution in [3.05, 3.63) is 18.6 Å². The molecule has 2 aromatic rings. The van der Waals surface area contributed by atoms with Crippen molar-refractivity contribution in [1.29, 1.82) is 0 Å². The molecule has 2 unspecified atom stereocenters. The van der Waals surface area contributed by atoms with Gasteiger partial charge < -0.3 is 19.5 Å². The summed E-state index contributed by atoms with van der Waals surface area (Å²) in [5, 5.41) is 10.4. The lowest BCUT2D eigenvalue weighted by Crippen LogP contribution is -2.57. The normalized spacial score (nSPS) is 32.1. The number of amides is 1. The number of nitrogens with zero attached hydrogens (tertiary/aromatic N) is 5. The van der Waals surface area contributed by atoms with E-state index >= 15 is 0 Å². The van der Waals surface area contributed by atoms with Crippen LogP contribution in [0.4, 0.5) is 5.82 Å². The van der Waals surface area contributed by atoms with E-state index in [4.69, 9.17) is 6.42 Å². The van der Waals surface area contributed by atoms with Crippen LogP contribution >= 0.6 is 0 Å². The highest BCUT2D eigenvalue weighted by Crippen LogP contribution is 2.75. The number of carbonyl (C=O) groups is 1. The summed E-state index contributed by atoms with van der Waals surface area (Å²) in [7, 11) is 0. The standard InChI is InChI=1S/C18H19N5O2/c1-3-4-13(25)23-9-17(2)16-18(17,23)6-8-22(16)15-12-5-7-21(11-24)14(12)19-10-20-15/h1,5,7,10,16,24H,4,6,8-9,11H2,2H3/t16?,17?,18-/m0/s1. The molecular formula is C18H19N5O2. The average molecular weight is 337 g/mol. The monoisotopic (exact) mass is 337 g/mol. The van der Waals surface area contributed by atoms with E-state index in [9.17, 15) is 9.90 Å². The quantitative estimate of drug-likeness (QED) is 0.830. The fourth-order valence-corrected chi connectivity index (χ4v) is 5.40. The van der Waals surface area contributed by atoms with Gasteiger partial charge in [0.2, 0.25) is 5.91 Å². The number of aliphatic hydroxyl groups is 1. The Bertz CT molecular complexity index is 947. The highest BCUT2D eigenvalue weighted by atomic mass is 16.3. The number of carbonyl (C=O) groups excluding carboxylic acids is 1. The molecule has 0 aromatic carbocycles. The summed E-state index contributed by atoms with van der Waals surface area (Å²) in [6.07, 6.45) is 9.80. The zero-order valence-electron chi connectivity index (χ0n) is 14.0. The fraction of sp³-hybridized carbons (Fsp3) is 0.500. The Morgan fingerprint density at radius 1 is 1.52 bits per heavy atom. The third kappa shape index (κ3) is 1.50. The molecule has 1 N–H and O–H groups in total. The van der Waals surface area contributed by atoms with Crippen LogP contribution in [0.5, 0.6) is 0 Å². The lowest BCUT2D eigenvalue weighted by Gasteiger charge is -2.45. The van der Waals surface area contributed by atoms with Crippen LogP contribution < -0.4 is 4.90 Å². The lowest BCUT2D eigenvalue weighted by molar-refractivity contribution is -0.142. The molecule has 7 nitrogen and oxygen atoms in total. The van der Waals surface area contributed by atoms with Crippen molar-refractivity contribution in [2.45, 2.75) is 38.1 Å². The van der Waals surface area contributed by atoms with Crippen LogP contribution in [0.2, 0.25) is 0 Å². The third-order valence-corrected chi connectivity index (χ3v) is 6.49. The van der Waals surface area contributed by atoms with Crippen LogP contribution in [0, 0.1) is 17.8 Å². The molecular weight excluding hydrogens is 318 g/mol. The van der Waals surface area contributed by atoms with Crippen molar-refractivity contribution >= 4 is 22.8 Å². The molecule has 0 radical (unpaired) electrons. The summed E-state index contributed by atoms with van der Waals surface area (Å²) in [5.41, 5.74) is 0.760. The molecule has 2 aromatic heterocycles. The first-order valence-electron chi connectivity index (χ1n) is 8.50. The van der Waals surface area contributed by atoms with E-state index in [-0.39, 0.29) is 36.1 Å². The molecule has 128 valence electrons. The maximum Gasteiger partial charge on any atom is 0.235 e. The lowest BCUT2D eigenvalue weighted by atomic mass is 9.87. The molecule has 0 bridgehead atoms. The van der Waals surface area contributed by atoms with Crippen LogP contribution in [0.1, 0.15) is 19.8 Å². The Hall–Kier alpha value is -2.59. The van der Waals surface area contributed by atoms with Crippen molar-refractivity contribution in [2.24, 2.45) is 5.41 Å². The average Bonchev–Trinajstić information content (AvgIpc) is 3.07. The van der Waals surface area contributed by atoms with Crippen LogP contribution in [0.25, 0.3) is 11.0 Å². The minimum atomic E-state index is -0.112. The largest absolute Gasteiger partial charge is 0.376 e. The molecule has 1 aliphatic carbocycles. The minimum absolute atomic E-state index is 0.0589. The zero-order chi connectivity index (χ0) is 17.4. The number of piperidine rings is 1. The number of terminal acetylenes is 1. The Morgan fingerprint density at radius 3 is 3.08 bits per heavy atom. The van der Waals surface area contributed by atoms with Crippen molar-refractivity contribution in [1.82, 2.24) is 19.4 Å². The van der Waals surface area contributed by atoms with Crippen LogP contribution in [-0.4, -0.2) is 55.1 Å². The predicted molar refractivity (Wildman–Crippen MR) is 91.5 cm³/mol. The van der Waals surface area contributed by atoms with Crippen LogP contribution in [0.3, 0.4) is 0 Å². The number of hydrogen-bond acceptors (Lipinski definition) is 5. The number of aliphatic hydroxyl groups excluding tert-OH is 1. The van der Waals surface area contributed by atoms with Gasteiger partial charge in [-0.25, -0.2) is 9.97 Å². The second-order valence-electron chi connectivity index (χ2n) is 7.41. The van der Waals surface area contributed by atoms with Gasteiger partial charge in [0.25, 0.3) is 0 Å². The van der Waals surface area contributed by atoms with Gasteiger partial charge in [0, 0.05) is 24.7 Å². The van der Waals surface area contributed by atoms with Gasteiger partial charge in [-0.2, -0.15) is 0 Å². The molecule has 3 atom stereocenters. The van der Waals surface area contributed by atoms with Gasteiger partial charge in [0.05, 0.1) is 23.4 Å². The Kier molecular flexibility index (Phi) is 2.66. The van der Waals surface area contributed by atoms with E-state index in [0.717, 1.165) is 36.4 Å². The molecule has 2 aliphatic heterocycles. The van der Waals surface area contributed by atoms with Gasteiger partial charge >= 0.3 is 0 Å². The molecule has 1 amide bonds. The van der Waals surface area contributed by atoms with Crippen molar-refractivity contribution in [3.63, 3.8) is 0 Å². The van der Waals surface area contributed by atoms with E-state index in [1.807, 2.05) is 17.2 Å². The zero-order valence-corrected chi connectivity index (χ0v) is 14.0. The molecule has 4 heterocycles. The second kappa shape index (κ2) is 4.52.